The topological polar surface area (TPSA) is 52.6 Å². The normalized spacial score (nSPS) is 20.4. The average molecular weight is 311 g/mol. The van der Waals surface area contributed by atoms with Crippen LogP contribution in [0.3, 0.4) is 0 Å². The van der Waals surface area contributed by atoms with E-state index in [2.05, 4.69) is 17.1 Å². The molecule has 0 bridgehead atoms. The van der Waals surface area contributed by atoms with Crippen LogP contribution < -0.4 is 5.32 Å². The summed E-state index contributed by atoms with van der Waals surface area (Å²) in [5.74, 6) is 0.00653. The predicted octanol–water partition coefficient (Wildman–Crippen LogP) is 2.36. The van der Waals surface area contributed by atoms with Crippen molar-refractivity contribution in [2.24, 2.45) is 0 Å². The SMILES string of the molecule is CCCN1CCCC1C(=O)NCC(O)c1ccccc1Cl. The number of aliphatic hydroxyl groups excluding tert-OH is 1. The Hall–Kier alpha value is -1.10. The second kappa shape index (κ2) is 7.78. The van der Waals surface area contributed by atoms with Crippen molar-refractivity contribution in [2.45, 2.75) is 38.3 Å². The van der Waals surface area contributed by atoms with E-state index in [1.807, 2.05) is 12.1 Å². The van der Waals surface area contributed by atoms with Crippen LogP contribution >= 0.6 is 11.6 Å². The minimum Gasteiger partial charge on any atom is -0.387 e. The molecule has 2 N–H and O–H groups in total. The van der Waals surface area contributed by atoms with Crippen LogP contribution in [0.1, 0.15) is 37.9 Å². The number of nitrogens with zero attached hydrogens (tertiary/aromatic N) is 1. The molecular formula is C16H23ClN2O2. The number of carbonyl (C=O) groups is 1. The van der Waals surface area contributed by atoms with Crippen molar-refractivity contribution in [3.05, 3.63) is 34.9 Å². The van der Waals surface area contributed by atoms with Crippen molar-refractivity contribution in [2.75, 3.05) is 19.6 Å². The summed E-state index contributed by atoms with van der Waals surface area (Å²) in [5.41, 5.74) is 0.649. The summed E-state index contributed by atoms with van der Waals surface area (Å²) < 4.78 is 0. The lowest BCUT2D eigenvalue weighted by atomic mass is 10.1. The molecule has 0 aromatic heterocycles. The lowest BCUT2D eigenvalue weighted by Crippen LogP contribution is -2.44. The molecule has 0 spiro atoms. The Bertz CT molecular complexity index is 481. The van der Waals surface area contributed by atoms with Gasteiger partial charge in [-0.25, -0.2) is 0 Å². The highest BCUT2D eigenvalue weighted by molar-refractivity contribution is 6.31. The molecule has 0 saturated carbocycles. The first-order valence-electron chi connectivity index (χ1n) is 7.57. The largest absolute Gasteiger partial charge is 0.387 e. The van der Waals surface area contributed by atoms with Crippen LogP contribution in [0, 0.1) is 0 Å². The maximum Gasteiger partial charge on any atom is 0.237 e. The Morgan fingerprint density at radius 2 is 2.29 bits per heavy atom. The first kappa shape index (κ1) is 16.3. The maximum atomic E-state index is 12.3. The van der Waals surface area contributed by atoms with Gasteiger partial charge in [0, 0.05) is 17.1 Å². The zero-order valence-electron chi connectivity index (χ0n) is 12.4. The maximum absolute atomic E-state index is 12.3. The molecule has 0 aliphatic carbocycles. The number of halogens is 1. The Morgan fingerprint density at radius 1 is 1.52 bits per heavy atom. The predicted molar refractivity (Wildman–Crippen MR) is 84.3 cm³/mol. The van der Waals surface area contributed by atoms with Gasteiger partial charge in [-0.2, -0.15) is 0 Å². The summed E-state index contributed by atoms with van der Waals surface area (Å²) in [6, 6.07) is 7.10. The molecule has 0 radical (unpaired) electrons. The molecule has 1 aromatic carbocycles. The van der Waals surface area contributed by atoms with Gasteiger partial charge in [-0.3, -0.25) is 9.69 Å². The number of likely N-dealkylation sites (tertiary alicyclic amines) is 1. The second-order valence-electron chi connectivity index (χ2n) is 5.48. The van der Waals surface area contributed by atoms with Gasteiger partial charge in [0.05, 0.1) is 12.1 Å². The van der Waals surface area contributed by atoms with Crippen LogP contribution in [-0.2, 0) is 4.79 Å². The van der Waals surface area contributed by atoms with Crippen molar-refractivity contribution < 1.29 is 9.90 Å². The Kier molecular flexibility index (Phi) is 6.03. The molecule has 21 heavy (non-hydrogen) atoms. The van der Waals surface area contributed by atoms with Crippen LogP contribution in [0.5, 0.6) is 0 Å². The summed E-state index contributed by atoms with van der Waals surface area (Å²) >= 11 is 6.05. The van der Waals surface area contributed by atoms with E-state index in [4.69, 9.17) is 11.6 Å². The van der Waals surface area contributed by atoms with Gasteiger partial charge < -0.3 is 10.4 Å². The Morgan fingerprint density at radius 3 is 3.00 bits per heavy atom. The second-order valence-corrected chi connectivity index (χ2v) is 5.88. The van der Waals surface area contributed by atoms with Crippen molar-refractivity contribution in [3.63, 3.8) is 0 Å². The van der Waals surface area contributed by atoms with E-state index in [0.717, 1.165) is 32.4 Å². The van der Waals surface area contributed by atoms with E-state index in [9.17, 15) is 9.90 Å². The van der Waals surface area contributed by atoms with Crippen molar-refractivity contribution >= 4 is 17.5 Å². The Balaban J connectivity index is 1.87. The molecule has 1 amide bonds. The van der Waals surface area contributed by atoms with E-state index >= 15 is 0 Å². The molecule has 1 aliphatic rings. The standard InChI is InChI=1S/C16H23ClN2O2/c1-2-9-19-10-5-8-14(19)16(21)18-11-15(20)12-6-3-4-7-13(12)17/h3-4,6-7,14-15,20H,2,5,8-11H2,1H3,(H,18,21). The van der Waals surface area contributed by atoms with Gasteiger partial charge >= 0.3 is 0 Å². The van der Waals surface area contributed by atoms with E-state index < -0.39 is 6.10 Å². The third-order valence-electron chi connectivity index (χ3n) is 3.91. The number of rotatable bonds is 6. The van der Waals surface area contributed by atoms with Gasteiger partial charge in [0.15, 0.2) is 0 Å². The van der Waals surface area contributed by atoms with Crippen LogP contribution in [0.25, 0.3) is 0 Å². The number of amides is 1. The minimum absolute atomic E-state index is 0.00653. The van der Waals surface area contributed by atoms with E-state index in [0.29, 0.717) is 10.6 Å². The summed E-state index contributed by atoms with van der Waals surface area (Å²) in [4.78, 5) is 14.5. The fourth-order valence-corrected chi connectivity index (χ4v) is 3.11. The highest BCUT2D eigenvalue weighted by Crippen LogP contribution is 2.22. The number of nitrogens with one attached hydrogen (secondary N) is 1. The van der Waals surface area contributed by atoms with Crippen LogP contribution in [0.4, 0.5) is 0 Å². The molecule has 4 nitrogen and oxygen atoms in total. The molecule has 1 aromatic rings. The lowest BCUT2D eigenvalue weighted by molar-refractivity contribution is -0.125. The number of benzene rings is 1. The average Bonchev–Trinajstić information content (AvgIpc) is 2.93. The minimum atomic E-state index is -0.774. The van der Waals surface area contributed by atoms with Gasteiger partial charge in [0.1, 0.15) is 0 Å². The van der Waals surface area contributed by atoms with E-state index in [1.165, 1.54) is 0 Å². The van der Waals surface area contributed by atoms with Gasteiger partial charge in [0.25, 0.3) is 0 Å². The molecule has 1 saturated heterocycles. The van der Waals surface area contributed by atoms with Gasteiger partial charge in [-0.05, 0) is 38.4 Å². The third-order valence-corrected chi connectivity index (χ3v) is 4.26. The quantitative estimate of drug-likeness (QED) is 0.848. The zero-order valence-corrected chi connectivity index (χ0v) is 13.1. The molecule has 1 heterocycles. The van der Waals surface area contributed by atoms with Gasteiger partial charge in [0.2, 0.25) is 5.91 Å². The Labute approximate surface area is 131 Å². The smallest absolute Gasteiger partial charge is 0.237 e. The molecule has 2 atom stereocenters. The third kappa shape index (κ3) is 4.19. The number of hydrogen-bond donors (Lipinski definition) is 2. The monoisotopic (exact) mass is 310 g/mol. The molecule has 5 heteroatoms. The summed E-state index contributed by atoms with van der Waals surface area (Å²) in [5, 5.41) is 13.5. The van der Waals surface area contributed by atoms with Crippen LogP contribution in [-0.4, -0.2) is 41.6 Å². The van der Waals surface area contributed by atoms with Crippen LogP contribution in [0.15, 0.2) is 24.3 Å². The molecule has 2 unspecified atom stereocenters. The molecular weight excluding hydrogens is 288 g/mol. The van der Waals surface area contributed by atoms with Gasteiger partial charge in [-0.15, -0.1) is 0 Å². The zero-order chi connectivity index (χ0) is 15.2. The van der Waals surface area contributed by atoms with E-state index in [1.54, 1.807) is 12.1 Å². The number of carbonyl (C=O) groups excluding carboxylic acids is 1. The van der Waals surface area contributed by atoms with Crippen molar-refractivity contribution in [1.82, 2.24) is 10.2 Å². The number of hydrogen-bond acceptors (Lipinski definition) is 3. The lowest BCUT2D eigenvalue weighted by Gasteiger charge is -2.23. The van der Waals surface area contributed by atoms with Crippen molar-refractivity contribution in [3.8, 4) is 0 Å². The van der Waals surface area contributed by atoms with Gasteiger partial charge in [-0.1, -0.05) is 36.7 Å². The summed E-state index contributed by atoms with van der Waals surface area (Å²) in [6.07, 6.45) is 2.23. The molecule has 116 valence electrons. The van der Waals surface area contributed by atoms with Crippen LogP contribution in [0.2, 0.25) is 5.02 Å². The summed E-state index contributed by atoms with van der Waals surface area (Å²) in [7, 11) is 0. The summed E-state index contributed by atoms with van der Waals surface area (Å²) in [6.45, 7) is 4.25. The fourth-order valence-electron chi connectivity index (χ4n) is 2.85. The number of aliphatic hydroxyl groups is 1. The fraction of sp³-hybridized carbons (Fsp3) is 0.562. The molecule has 1 fully saturated rings. The highest BCUT2D eigenvalue weighted by Gasteiger charge is 2.30. The molecule has 2 rings (SSSR count). The van der Waals surface area contributed by atoms with E-state index in [-0.39, 0.29) is 18.5 Å². The van der Waals surface area contributed by atoms with Crippen molar-refractivity contribution in [1.29, 1.82) is 0 Å². The highest BCUT2D eigenvalue weighted by atomic mass is 35.5. The molecule has 1 aliphatic heterocycles. The first-order chi connectivity index (χ1) is 10.1. The first-order valence-corrected chi connectivity index (χ1v) is 7.95.